The van der Waals surface area contributed by atoms with Crippen molar-refractivity contribution in [2.24, 2.45) is 5.41 Å². The lowest BCUT2D eigenvalue weighted by molar-refractivity contribution is 0.260. The van der Waals surface area contributed by atoms with Crippen LogP contribution in [0.2, 0.25) is 0 Å². The van der Waals surface area contributed by atoms with Crippen molar-refractivity contribution < 1.29 is 0 Å². The Morgan fingerprint density at radius 3 is 2.33 bits per heavy atom. The van der Waals surface area contributed by atoms with E-state index in [2.05, 4.69) is 29.8 Å². The fourth-order valence-electron chi connectivity index (χ4n) is 1.45. The zero-order chi connectivity index (χ0) is 6.91. The van der Waals surface area contributed by atoms with Gasteiger partial charge in [0.05, 0.1) is 0 Å². The third kappa shape index (κ3) is 1.70. The smallest absolute Gasteiger partial charge is 0.0196 e. The van der Waals surface area contributed by atoms with Crippen LogP contribution in [-0.4, -0.2) is 4.83 Å². The molecule has 54 valence electrons. The Kier molecular flexibility index (Phi) is 2.20. The third-order valence-electron chi connectivity index (χ3n) is 2.38. The lowest BCUT2D eigenvalue weighted by Crippen LogP contribution is -2.27. The molecule has 1 aliphatic rings. The molecule has 0 aromatic rings. The predicted molar refractivity (Wildman–Crippen MR) is 45.0 cm³/mol. The minimum absolute atomic E-state index is 0.554. The molecule has 0 spiro atoms. The van der Waals surface area contributed by atoms with E-state index in [1.807, 2.05) is 0 Å². The molecule has 0 radical (unpaired) electrons. The summed E-state index contributed by atoms with van der Waals surface area (Å²) >= 11 is 3.71. The van der Waals surface area contributed by atoms with Crippen LogP contribution in [0.5, 0.6) is 0 Å². The van der Waals surface area contributed by atoms with Gasteiger partial charge >= 0.3 is 0 Å². The number of alkyl halides is 1. The highest BCUT2D eigenvalue weighted by atomic mass is 79.9. The van der Waals surface area contributed by atoms with Gasteiger partial charge in [0.2, 0.25) is 0 Å². The van der Waals surface area contributed by atoms with E-state index in [1.54, 1.807) is 0 Å². The quantitative estimate of drug-likeness (QED) is 0.515. The third-order valence-corrected chi connectivity index (χ3v) is 4.07. The zero-order valence-electron chi connectivity index (χ0n) is 6.28. The lowest BCUT2D eigenvalue weighted by Gasteiger charge is -2.34. The summed E-state index contributed by atoms with van der Waals surface area (Å²) in [5.74, 6) is 0. The molecule has 0 heterocycles. The van der Waals surface area contributed by atoms with Crippen molar-refractivity contribution in [1.82, 2.24) is 0 Å². The van der Waals surface area contributed by atoms with E-state index < -0.39 is 0 Å². The average Bonchev–Trinajstić information content (AvgIpc) is 1.77. The SMILES string of the molecule is CC1(C)CCCC[C@@H]1Br. The molecule has 0 aliphatic heterocycles. The van der Waals surface area contributed by atoms with E-state index in [9.17, 15) is 0 Å². The van der Waals surface area contributed by atoms with Crippen LogP contribution in [0.3, 0.4) is 0 Å². The van der Waals surface area contributed by atoms with Crippen molar-refractivity contribution in [2.45, 2.75) is 44.4 Å². The van der Waals surface area contributed by atoms with Gasteiger partial charge < -0.3 is 0 Å². The highest BCUT2D eigenvalue weighted by Gasteiger charge is 2.29. The van der Waals surface area contributed by atoms with Crippen LogP contribution in [-0.2, 0) is 0 Å². The molecule has 0 unspecified atom stereocenters. The topological polar surface area (TPSA) is 0 Å². The van der Waals surface area contributed by atoms with Crippen molar-refractivity contribution in [1.29, 1.82) is 0 Å². The van der Waals surface area contributed by atoms with Crippen LogP contribution >= 0.6 is 15.9 Å². The maximum Gasteiger partial charge on any atom is 0.0196 e. The number of halogens is 1. The van der Waals surface area contributed by atoms with Crippen molar-refractivity contribution in [3.8, 4) is 0 Å². The number of rotatable bonds is 0. The van der Waals surface area contributed by atoms with Gasteiger partial charge in [-0.25, -0.2) is 0 Å². The molecule has 0 N–H and O–H groups in total. The van der Waals surface area contributed by atoms with Crippen molar-refractivity contribution in [3.05, 3.63) is 0 Å². The molecule has 9 heavy (non-hydrogen) atoms. The fourth-order valence-corrected chi connectivity index (χ4v) is 2.00. The van der Waals surface area contributed by atoms with Crippen molar-refractivity contribution in [2.75, 3.05) is 0 Å². The van der Waals surface area contributed by atoms with Gasteiger partial charge in [0.1, 0.15) is 0 Å². The number of hydrogen-bond donors (Lipinski definition) is 0. The van der Waals surface area contributed by atoms with Crippen LogP contribution in [0.1, 0.15) is 39.5 Å². The largest absolute Gasteiger partial charge is 0.0885 e. The van der Waals surface area contributed by atoms with Crippen LogP contribution < -0.4 is 0 Å². The van der Waals surface area contributed by atoms with Gasteiger partial charge in [0.15, 0.2) is 0 Å². The molecular formula is C8H15Br. The van der Waals surface area contributed by atoms with Crippen molar-refractivity contribution >= 4 is 15.9 Å². The highest BCUT2D eigenvalue weighted by Crippen LogP contribution is 2.39. The standard InChI is InChI=1S/C8H15Br/c1-8(2)6-4-3-5-7(8)9/h7H,3-6H2,1-2H3/t7-/m0/s1. The second-order valence-corrected chi connectivity index (χ2v) is 4.81. The summed E-state index contributed by atoms with van der Waals surface area (Å²) < 4.78 is 0. The summed E-state index contributed by atoms with van der Waals surface area (Å²) in [7, 11) is 0. The molecule has 1 rings (SSSR count). The summed E-state index contributed by atoms with van der Waals surface area (Å²) in [6, 6.07) is 0. The molecule has 1 atom stereocenters. The summed E-state index contributed by atoms with van der Waals surface area (Å²) in [6.07, 6.45) is 5.60. The Labute approximate surface area is 66.2 Å². The van der Waals surface area contributed by atoms with Gasteiger partial charge in [-0.2, -0.15) is 0 Å². The average molecular weight is 191 g/mol. The molecule has 1 fully saturated rings. The Balaban J connectivity index is 2.49. The van der Waals surface area contributed by atoms with Gasteiger partial charge in [0.25, 0.3) is 0 Å². The van der Waals surface area contributed by atoms with Gasteiger partial charge in [-0.1, -0.05) is 42.6 Å². The zero-order valence-corrected chi connectivity index (χ0v) is 7.87. The van der Waals surface area contributed by atoms with Crippen LogP contribution in [0, 0.1) is 5.41 Å². The van der Waals surface area contributed by atoms with Gasteiger partial charge in [-0.3, -0.25) is 0 Å². The molecule has 0 saturated heterocycles. The summed E-state index contributed by atoms with van der Waals surface area (Å²) in [4.78, 5) is 0.763. The molecule has 1 aliphatic carbocycles. The normalized spacial score (nSPS) is 34.3. The second-order valence-electron chi connectivity index (χ2n) is 3.70. The molecule has 1 heteroatoms. The van der Waals surface area contributed by atoms with E-state index >= 15 is 0 Å². The van der Waals surface area contributed by atoms with E-state index in [0.29, 0.717) is 5.41 Å². The predicted octanol–water partition coefficient (Wildman–Crippen LogP) is 3.35. The molecule has 1 saturated carbocycles. The van der Waals surface area contributed by atoms with E-state index in [-0.39, 0.29) is 0 Å². The Morgan fingerprint density at radius 1 is 1.33 bits per heavy atom. The molecule has 0 bridgehead atoms. The van der Waals surface area contributed by atoms with E-state index in [0.717, 1.165) is 4.83 Å². The van der Waals surface area contributed by atoms with Gasteiger partial charge in [-0.05, 0) is 18.3 Å². The minimum Gasteiger partial charge on any atom is -0.0885 e. The Morgan fingerprint density at radius 2 is 2.00 bits per heavy atom. The van der Waals surface area contributed by atoms with E-state index in [4.69, 9.17) is 0 Å². The highest BCUT2D eigenvalue weighted by molar-refractivity contribution is 9.09. The first-order valence-corrected chi connectivity index (χ1v) is 4.68. The maximum absolute atomic E-state index is 3.71. The molecular weight excluding hydrogens is 176 g/mol. The number of hydrogen-bond acceptors (Lipinski definition) is 0. The second kappa shape index (κ2) is 2.61. The Hall–Kier alpha value is 0.480. The minimum atomic E-state index is 0.554. The Bertz CT molecular complexity index is 96.7. The first-order chi connectivity index (χ1) is 4.13. The summed E-state index contributed by atoms with van der Waals surface area (Å²) in [6.45, 7) is 4.71. The van der Waals surface area contributed by atoms with Crippen LogP contribution in [0.4, 0.5) is 0 Å². The van der Waals surface area contributed by atoms with Crippen LogP contribution in [0.25, 0.3) is 0 Å². The van der Waals surface area contributed by atoms with E-state index in [1.165, 1.54) is 25.7 Å². The van der Waals surface area contributed by atoms with Crippen molar-refractivity contribution in [3.63, 3.8) is 0 Å². The summed E-state index contributed by atoms with van der Waals surface area (Å²) in [5, 5.41) is 0. The summed E-state index contributed by atoms with van der Waals surface area (Å²) in [5.41, 5.74) is 0.554. The molecule has 0 amide bonds. The maximum atomic E-state index is 3.71. The van der Waals surface area contributed by atoms with Gasteiger partial charge in [0, 0.05) is 4.83 Å². The first-order valence-electron chi connectivity index (χ1n) is 3.77. The fraction of sp³-hybridized carbons (Fsp3) is 1.00. The lowest BCUT2D eigenvalue weighted by atomic mass is 9.77. The van der Waals surface area contributed by atoms with Gasteiger partial charge in [-0.15, -0.1) is 0 Å². The molecule has 0 aromatic carbocycles. The monoisotopic (exact) mass is 190 g/mol. The molecule has 0 nitrogen and oxygen atoms in total. The first kappa shape index (κ1) is 7.59. The van der Waals surface area contributed by atoms with Crippen LogP contribution in [0.15, 0.2) is 0 Å². The molecule has 0 aromatic heterocycles.